The van der Waals surface area contributed by atoms with Gasteiger partial charge >= 0.3 is 5.97 Å². The molecular formula is C21H28O4. The fourth-order valence-electron chi connectivity index (χ4n) is 8.52. The third-order valence-corrected chi connectivity index (χ3v) is 9.29. The van der Waals surface area contributed by atoms with E-state index in [0.29, 0.717) is 24.7 Å². The lowest BCUT2D eigenvalue weighted by Crippen LogP contribution is -2.51. The number of hydrogen-bond acceptors (Lipinski definition) is 4. The predicted molar refractivity (Wildman–Crippen MR) is 91.4 cm³/mol. The smallest absolute Gasteiger partial charge is 0.309 e. The number of aliphatic hydroxyl groups is 1. The summed E-state index contributed by atoms with van der Waals surface area (Å²) in [6.07, 6.45) is 5.62. The van der Waals surface area contributed by atoms with Gasteiger partial charge in [0.1, 0.15) is 5.78 Å². The number of aliphatic hydroxyl groups excluding tert-OH is 1. The van der Waals surface area contributed by atoms with Gasteiger partial charge in [-0.25, -0.2) is 0 Å². The molecule has 0 saturated heterocycles. The number of fused-ring (bicyclic) bond motifs is 1. The predicted octanol–water partition coefficient (Wildman–Crippen LogP) is 2.89. The molecule has 0 aromatic carbocycles. The average molecular weight is 344 g/mol. The molecule has 4 heteroatoms. The van der Waals surface area contributed by atoms with Crippen LogP contribution >= 0.6 is 0 Å². The van der Waals surface area contributed by atoms with Gasteiger partial charge in [0, 0.05) is 6.42 Å². The highest BCUT2D eigenvalue weighted by Crippen LogP contribution is 2.81. The first kappa shape index (κ1) is 16.0. The Kier molecular flexibility index (Phi) is 2.93. The van der Waals surface area contributed by atoms with Crippen LogP contribution in [0.4, 0.5) is 0 Å². The van der Waals surface area contributed by atoms with Crippen LogP contribution < -0.4 is 0 Å². The van der Waals surface area contributed by atoms with Crippen LogP contribution in [0.1, 0.15) is 51.9 Å². The standard InChI is InChI=1S/C21H28O4/c1-11-8-21-9-12(11)4-5-13(21)20-7-6-14(22)19(2,15(23)10-20)17(20)16(21)18(24)25-3/h12-14,16-17,22H,1,4-10H2,2-3H3/t12-,13+,14+,16-,17-,19+,20-,21+/m1/s1. The number of methoxy groups -OCH3 is 1. The van der Waals surface area contributed by atoms with Crippen molar-refractivity contribution in [2.24, 2.45) is 39.9 Å². The van der Waals surface area contributed by atoms with Crippen molar-refractivity contribution >= 4 is 11.8 Å². The van der Waals surface area contributed by atoms with E-state index in [1.165, 1.54) is 12.7 Å². The summed E-state index contributed by atoms with van der Waals surface area (Å²) < 4.78 is 5.29. The number of esters is 1. The van der Waals surface area contributed by atoms with E-state index in [4.69, 9.17) is 4.74 Å². The lowest BCUT2D eigenvalue weighted by atomic mass is 9.57. The summed E-state index contributed by atoms with van der Waals surface area (Å²) in [5, 5.41) is 10.8. The van der Waals surface area contributed by atoms with Gasteiger partial charge in [0.2, 0.25) is 0 Å². The molecule has 25 heavy (non-hydrogen) atoms. The van der Waals surface area contributed by atoms with Crippen LogP contribution in [0.2, 0.25) is 0 Å². The Labute approximate surface area is 149 Å². The Balaban J connectivity index is 1.75. The number of allylic oxidation sites excluding steroid dienone is 1. The number of rotatable bonds is 1. The Morgan fingerprint density at radius 3 is 2.72 bits per heavy atom. The van der Waals surface area contributed by atoms with Crippen LogP contribution in [0, 0.1) is 39.9 Å². The maximum absolute atomic E-state index is 13.1. The number of Topliss-reactive ketones (excluding diaryl/α,β-unsaturated/α-hetero) is 1. The second-order valence-electron chi connectivity index (χ2n) is 9.75. The largest absolute Gasteiger partial charge is 0.469 e. The van der Waals surface area contributed by atoms with Gasteiger partial charge in [-0.15, -0.1) is 0 Å². The Morgan fingerprint density at radius 1 is 1.24 bits per heavy atom. The fraction of sp³-hybridized carbons (Fsp3) is 0.810. The summed E-state index contributed by atoms with van der Waals surface area (Å²) in [6.45, 7) is 6.25. The van der Waals surface area contributed by atoms with Crippen LogP contribution in [-0.4, -0.2) is 30.1 Å². The van der Waals surface area contributed by atoms with E-state index in [9.17, 15) is 14.7 Å². The third kappa shape index (κ3) is 1.52. The lowest BCUT2D eigenvalue weighted by molar-refractivity contribution is -0.159. The first-order valence-electron chi connectivity index (χ1n) is 9.78. The molecule has 0 heterocycles. The average Bonchev–Trinajstić information content (AvgIpc) is 3.05. The van der Waals surface area contributed by atoms with Crippen LogP contribution in [0.15, 0.2) is 12.2 Å². The molecule has 5 fully saturated rings. The van der Waals surface area contributed by atoms with E-state index in [1.807, 2.05) is 6.92 Å². The van der Waals surface area contributed by atoms with Gasteiger partial charge in [0.25, 0.3) is 0 Å². The highest BCUT2D eigenvalue weighted by Gasteiger charge is 2.80. The lowest BCUT2D eigenvalue weighted by Gasteiger charge is -2.47. The molecule has 8 atom stereocenters. The maximum Gasteiger partial charge on any atom is 0.309 e. The number of carbonyl (C=O) groups is 2. The van der Waals surface area contributed by atoms with Crippen molar-refractivity contribution in [1.29, 1.82) is 0 Å². The Hall–Kier alpha value is -1.16. The van der Waals surface area contributed by atoms with Crippen molar-refractivity contribution < 1.29 is 19.4 Å². The van der Waals surface area contributed by atoms with E-state index in [1.54, 1.807) is 0 Å². The normalized spacial score (nSPS) is 55.9. The Morgan fingerprint density at radius 2 is 2.00 bits per heavy atom. The molecule has 0 aliphatic heterocycles. The Bertz CT molecular complexity index is 698. The fourth-order valence-corrected chi connectivity index (χ4v) is 8.52. The summed E-state index contributed by atoms with van der Waals surface area (Å²) in [5.41, 5.74) is 0.297. The van der Waals surface area contributed by atoms with Crippen molar-refractivity contribution in [3.63, 3.8) is 0 Å². The molecular weight excluding hydrogens is 316 g/mol. The van der Waals surface area contributed by atoms with Gasteiger partial charge in [-0.2, -0.15) is 0 Å². The number of ether oxygens (including phenoxy) is 1. The highest BCUT2D eigenvalue weighted by atomic mass is 16.5. The maximum atomic E-state index is 13.1. The van der Waals surface area contributed by atoms with Gasteiger partial charge in [-0.05, 0) is 74.0 Å². The zero-order valence-corrected chi connectivity index (χ0v) is 15.2. The first-order chi connectivity index (χ1) is 11.8. The van der Waals surface area contributed by atoms with E-state index < -0.39 is 11.5 Å². The minimum absolute atomic E-state index is 0.0710. The van der Waals surface area contributed by atoms with Gasteiger partial charge in [-0.1, -0.05) is 12.2 Å². The molecule has 0 unspecified atom stereocenters. The minimum Gasteiger partial charge on any atom is -0.469 e. The summed E-state index contributed by atoms with van der Waals surface area (Å²) in [6, 6.07) is 0. The molecule has 5 saturated carbocycles. The summed E-state index contributed by atoms with van der Waals surface area (Å²) >= 11 is 0. The molecule has 1 N–H and O–H groups in total. The summed E-state index contributed by atoms with van der Waals surface area (Å²) in [7, 11) is 1.47. The van der Waals surface area contributed by atoms with Gasteiger partial charge in [0.05, 0.1) is 24.5 Å². The number of ketones is 1. The number of carbonyl (C=O) groups excluding carboxylic acids is 2. The third-order valence-electron chi connectivity index (χ3n) is 9.29. The molecule has 0 radical (unpaired) electrons. The van der Waals surface area contributed by atoms with Crippen molar-refractivity contribution in [3.8, 4) is 0 Å². The van der Waals surface area contributed by atoms with Crippen LogP contribution in [0.5, 0.6) is 0 Å². The second-order valence-corrected chi connectivity index (χ2v) is 9.75. The first-order valence-corrected chi connectivity index (χ1v) is 9.78. The van der Waals surface area contributed by atoms with Crippen molar-refractivity contribution in [3.05, 3.63) is 12.2 Å². The van der Waals surface area contributed by atoms with Crippen LogP contribution in [0.3, 0.4) is 0 Å². The quantitative estimate of drug-likeness (QED) is 0.587. The van der Waals surface area contributed by atoms with Gasteiger partial charge in [0.15, 0.2) is 0 Å². The molecule has 1 spiro atoms. The second kappa shape index (κ2) is 4.57. The molecule has 136 valence electrons. The van der Waals surface area contributed by atoms with Gasteiger partial charge in [-0.3, -0.25) is 9.59 Å². The molecule has 0 aromatic rings. The molecule has 0 aromatic heterocycles. The summed E-state index contributed by atoms with van der Waals surface area (Å²) in [5.74, 6) is 0.580. The van der Waals surface area contributed by atoms with E-state index >= 15 is 0 Å². The van der Waals surface area contributed by atoms with Crippen molar-refractivity contribution in [2.45, 2.75) is 58.0 Å². The van der Waals surface area contributed by atoms with Crippen molar-refractivity contribution in [1.82, 2.24) is 0 Å². The van der Waals surface area contributed by atoms with Crippen LogP contribution in [-0.2, 0) is 14.3 Å². The molecule has 5 aliphatic rings. The van der Waals surface area contributed by atoms with E-state index in [0.717, 1.165) is 32.1 Å². The van der Waals surface area contributed by atoms with Crippen molar-refractivity contribution in [2.75, 3.05) is 7.11 Å². The van der Waals surface area contributed by atoms with E-state index in [-0.39, 0.29) is 34.4 Å². The molecule has 0 amide bonds. The minimum atomic E-state index is -0.789. The molecule has 4 nitrogen and oxygen atoms in total. The molecule has 4 bridgehead atoms. The zero-order valence-electron chi connectivity index (χ0n) is 15.2. The molecule has 5 aliphatic carbocycles. The molecule has 5 rings (SSSR count). The zero-order chi connectivity index (χ0) is 17.8. The number of hydrogen-bond donors (Lipinski definition) is 1. The SMILES string of the molecule is C=C1C[C@]23C[C@H]1CC[C@H]2[C@@]12CC[C@H](O)[C@@](C)(C(=O)C1)[C@H]2[C@@H]3C(=O)OC. The van der Waals surface area contributed by atoms with E-state index in [2.05, 4.69) is 6.58 Å². The summed E-state index contributed by atoms with van der Waals surface area (Å²) in [4.78, 5) is 26.1. The topological polar surface area (TPSA) is 63.6 Å². The van der Waals surface area contributed by atoms with Crippen LogP contribution in [0.25, 0.3) is 0 Å². The van der Waals surface area contributed by atoms with Gasteiger partial charge < -0.3 is 9.84 Å². The monoisotopic (exact) mass is 344 g/mol. The highest BCUT2D eigenvalue weighted by molar-refractivity contribution is 5.91.